The number of amides is 1. The number of methoxy groups -OCH3 is 1. The van der Waals surface area contributed by atoms with Crippen molar-refractivity contribution in [3.8, 4) is 11.6 Å². The zero-order chi connectivity index (χ0) is 14.8. The molecule has 0 unspecified atom stereocenters. The fourth-order valence-corrected chi connectivity index (χ4v) is 2.86. The second kappa shape index (κ2) is 5.88. The minimum absolute atomic E-state index is 0.0241. The number of benzene rings is 1. The fourth-order valence-electron chi connectivity index (χ4n) is 2.18. The molecule has 2 heterocycles. The molecule has 3 rings (SSSR count). The molecular weight excluding hydrogens is 383 g/mol. The zero-order valence-electron chi connectivity index (χ0n) is 11.4. The van der Waals surface area contributed by atoms with Crippen molar-refractivity contribution in [2.24, 2.45) is 0 Å². The first-order valence-corrected chi connectivity index (χ1v) is 7.47. The number of carbonyl (C=O) groups excluding carboxylic acids is 1. The van der Waals surface area contributed by atoms with Crippen LogP contribution in [0.2, 0.25) is 0 Å². The molecule has 1 amide bonds. The van der Waals surface area contributed by atoms with Crippen LogP contribution in [0.1, 0.15) is 5.56 Å². The van der Waals surface area contributed by atoms with Gasteiger partial charge in [-0.3, -0.25) is 9.69 Å². The van der Waals surface area contributed by atoms with Gasteiger partial charge < -0.3 is 9.47 Å². The van der Waals surface area contributed by atoms with Gasteiger partial charge >= 0.3 is 0 Å². The summed E-state index contributed by atoms with van der Waals surface area (Å²) < 4.78 is 11.5. The smallest absolute Gasteiger partial charge is 0.265 e. The largest absolute Gasteiger partial charge is 0.497 e. The molecule has 108 valence electrons. The number of ether oxygens (including phenoxy) is 2. The van der Waals surface area contributed by atoms with Crippen molar-refractivity contribution in [3.05, 3.63) is 45.7 Å². The number of halogens is 1. The summed E-state index contributed by atoms with van der Waals surface area (Å²) in [5.41, 5.74) is 1.77. The Morgan fingerprint density at radius 2 is 2.10 bits per heavy atom. The monoisotopic (exact) mass is 396 g/mol. The Bertz CT molecular complexity index is 673. The maximum Gasteiger partial charge on any atom is 0.265 e. The summed E-state index contributed by atoms with van der Waals surface area (Å²) in [6.07, 6.45) is 1.68. The van der Waals surface area contributed by atoms with Gasteiger partial charge in [0.2, 0.25) is 5.88 Å². The summed E-state index contributed by atoms with van der Waals surface area (Å²) in [5, 5.41) is 0. The summed E-state index contributed by atoms with van der Waals surface area (Å²) in [6.45, 7) is 0.511. The van der Waals surface area contributed by atoms with Crippen LogP contribution in [0.5, 0.6) is 11.6 Å². The van der Waals surface area contributed by atoms with Crippen LogP contribution in [0.15, 0.2) is 36.5 Å². The molecule has 1 aliphatic heterocycles. The Hall–Kier alpha value is -1.83. The van der Waals surface area contributed by atoms with Crippen LogP contribution in [0.3, 0.4) is 0 Å². The molecule has 0 N–H and O–H groups in total. The fraction of sp³-hybridized carbons (Fsp3) is 0.200. The summed E-state index contributed by atoms with van der Waals surface area (Å²) in [4.78, 5) is 18.1. The van der Waals surface area contributed by atoms with Crippen molar-refractivity contribution in [2.75, 3.05) is 18.6 Å². The number of carbonyl (C=O) groups is 1. The van der Waals surface area contributed by atoms with E-state index >= 15 is 0 Å². The van der Waals surface area contributed by atoms with E-state index in [0.717, 1.165) is 20.6 Å². The second-order valence-electron chi connectivity index (χ2n) is 4.56. The van der Waals surface area contributed by atoms with Crippen molar-refractivity contribution in [2.45, 2.75) is 6.54 Å². The molecule has 1 aromatic carbocycles. The molecule has 0 aliphatic carbocycles. The number of anilines is 1. The van der Waals surface area contributed by atoms with Gasteiger partial charge in [-0.2, -0.15) is 0 Å². The predicted octanol–water partition coefficient (Wildman–Crippen LogP) is 2.62. The molecule has 6 heteroatoms. The van der Waals surface area contributed by atoms with Crippen molar-refractivity contribution < 1.29 is 14.3 Å². The molecule has 0 saturated carbocycles. The molecule has 5 nitrogen and oxygen atoms in total. The Labute approximate surface area is 136 Å². The van der Waals surface area contributed by atoms with E-state index in [1.165, 1.54) is 0 Å². The molecule has 0 fully saturated rings. The maximum absolute atomic E-state index is 12.2. The van der Waals surface area contributed by atoms with E-state index in [4.69, 9.17) is 9.47 Å². The molecule has 0 spiro atoms. The molecular formula is C15H13IN2O3. The highest BCUT2D eigenvalue weighted by Gasteiger charge is 2.28. The standard InChI is InChI=1S/C15H13IN2O3/c1-20-11-4-2-10(3-5-11)8-18-13(19)9-21-15-14(18)12(16)6-7-17-15/h2-7H,8-9H2,1H3. The van der Waals surface area contributed by atoms with Gasteiger partial charge in [0, 0.05) is 9.77 Å². The van der Waals surface area contributed by atoms with Gasteiger partial charge in [0.15, 0.2) is 6.61 Å². The minimum atomic E-state index is -0.0655. The Morgan fingerprint density at radius 3 is 2.81 bits per heavy atom. The minimum Gasteiger partial charge on any atom is -0.497 e. The van der Waals surface area contributed by atoms with Gasteiger partial charge in [0.25, 0.3) is 5.91 Å². The highest BCUT2D eigenvalue weighted by Crippen LogP contribution is 2.35. The topological polar surface area (TPSA) is 51.7 Å². The lowest BCUT2D eigenvalue weighted by Gasteiger charge is -2.29. The lowest BCUT2D eigenvalue weighted by atomic mass is 10.2. The molecule has 1 aliphatic rings. The third-order valence-electron chi connectivity index (χ3n) is 3.24. The lowest BCUT2D eigenvalue weighted by molar-refractivity contribution is -0.121. The summed E-state index contributed by atoms with van der Waals surface area (Å²) in [5.74, 6) is 1.24. The number of aromatic nitrogens is 1. The molecule has 0 saturated heterocycles. The third kappa shape index (κ3) is 2.80. The number of rotatable bonds is 3. The highest BCUT2D eigenvalue weighted by molar-refractivity contribution is 14.1. The molecule has 2 aromatic rings. The Kier molecular flexibility index (Phi) is 3.96. The van der Waals surface area contributed by atoms with Gasteiger partial charge in [-0.05, 0) is 46.4 Å². The van der Waals surface area contributed by atoms with Gasteiger partial charge in [-0.25, -0.2) is 4.98 Å². The average Bonchev–Trinajstić information content (AvgIpc) is 2.51. The van der Waals surface area contributed by atoms with Crippen LogP contribution in [0, 0.1) is 3.57 Å². The maximum atomic E-state index is 12.2. The zero-order valence-corrected chi connectivity index (χ0v) is 13.5. The molecule has 0 radical (unpaired) electrons. The normalized spacial score (nSPS) is 13.6. The summed E-state index contributed by atoms with van der Waals surface area (Å²) in [6, 6.07) is 9.53. The molecule has 0 bridgehead atoms. The predicted molar refractivity (Wildman–Crippen MR) is 86.6 cm³/mol. The first-order chi connectivity index (χ1) is 10.2. The van der Waals surface area contributed by atoms with E-state index in [9.17, 15) is 4.79 Å². The molecule has 0 atom stereocenters. The highest BCUT2D eigenvalue weighted by atomic mass is 127. The van der Waals surface area contributed by atoms with Gasteiger partial charge in [-0.15, -0.1) is 0 Å². The van der Waals surface area contributed by atoms with Gasteiger partial charge in [0.05, 0.1) is 13.7 Å². The van der Waals surface area contributed by atoms with Gasteiger partial charge in [0.1, 0.15) is 11.4 Å². The second-order valence-corrected chi connectivity index (χ2v) is 5.73. The third-order valence-corrected chi connectivity index (χ3v) is 4.12. The van der Waals surface area contributed by atoms with Crippen molar-refractivity contribution in [1.82, 2.24) is 4.98 Å². The van der Waals surface area contributed by atoms with Crippen molar-refractivity contribution >= 4 is 34.2 Å². The van der Waals surface area contributed by atoms with Crippen LogP contribution in [-0.4, -0.2) is 24.6 Å². The van der Waals surface area contributed by atoms with Crippen LogP contribution in [0.4, 0.5) is 5.69 Å². The summed E-state index contributed by atoms with van der Waals surface area (Å²) in [7, 11) is 1.63. The number of hydrogen-bond donors (Lipinski definition) is 0. The number of hydrogen-bond acceptors (Lipinski definition) is 4. The van der Waals surface area contributed by atoms with Crippen LogP contribution >= 0.6 is 22.6 Å². The molecule has 21 heavy (non-hydrogen) atoms. The van der Waals surface area contributed by atoms with E-state index in [1.54, 1.807) is 18.2 Å². The number of fused-ring (bicyclic) bond motifs is 1. The van der Waals surface area contributed by atoms with E-state index < -0.39 is 0 Å². The van der Waals surface area contributed by atoms with E-state index in [0.29, 0.717) is 12.4 Å². The van der Waals surface area contributed by atoms with E-state index in [1.807, 2.05) is 30.3 Å². The van der Waals surface area contributed by atoms with E-state index in [-0.39, 0.29) is 12.5 Å². The number of pyridine rings is 1. The first-order valence-electron chi connectivity index (χ1n) is 6.39. The lowest BCUT2D eigenvalue weighted by Crippen LogP contribution is -2.39. The van der Waals surface area contributed by atoms with Crippen LogP contribution < -0.4 is 14.4 Å². The SMILES string of the molecule is COc1ccc(CN2C(=O)COc3nccc(I)c32)cc1. The van der Waals surface area contributed by atoms with Crippen molar-refractivity contribution in [1.29, 1.82) is 0 Å². The number of nitrogens with zero attached hydrogens (tertiary/aromatic N) is 2. The Balaban J connectivity index is 1.92. The van der Waals surface area contributed by atoms with Crippen molar-refractivity contribution in [3.63, 3.8) is 0 Å². The average molecular weight is 396 g/mol. The van der Waals surface area contributed by atoms with Gasteiger partial charge in [-0.1, -0.05) is 12.1 Å². The Morgan fingerprint density at radius 1 is 1.33 bits per heavy atom. The summed E-state index contributed by atoms with van der Waals surface area (Å²) >= 11 is 2.19. The molecule has 1 aromatic heterocycles. The quantitative estimate of drug-likeness (QED) is 0.749. The van der Waals surface area contributed by atoms with Crippen LogP contribution in [-0.2, 0) is 11.3 Å². The first kappa shape index (κ1) is 14.1. The van der Waals surface area contributed by atoms with Crippen LogP contribution in [0.25, 0.3) is 0 Å². The van der Waals surface area contributed by atoms with E-state index in [2.05, 4.69) is 27.6 Å².